The highest BCUT2D eigenvalue weighted by Crippen LogP contribution is 2.26. The molecular formula is C21H18ClNO4S. The topological polar surface area (TPSA) is 72.5 Å². The van der Waals surface area contributed by atoms with Gasteiger partial charge in [0, 0.05) is 9.72 Å². The van der Waals surface area contributed by atoms with Crippen LogP contribution in [-0.2, 0) is 14.3 Å². The molecule has 144 valence electrons. The summed E-state index contributed by atoms with van der Waals surface area (Å²) in [6, 6.07) is 15.0. The molecule has 5 nitrogen and oxygen atoms in total. The smallest absolute Gasteiger partial charge is 0.313 e. The summed E-state index contributed by atoms with van der Waals surface area (Å²) in [5, 5.41) is 4.22. The molecule has 1 aromatic heterocycles. The summed E-state index contributed by atoms with van der Waals surface area (Å²) >= 11 is 7.27. The third kappa shape index (κ3) is 4.77. The first-order chi connectivity index (χ1) is 13.5. The largest absolute Gasteiger partial charge is 0.466 e. The first-order valence-electron chi connectivity index (χ1n) is 8.71. The van der Waals surface area contributed by atoms with Gasteiger partial charge in [-0.2, -0.15) is 0 Å². The number of hydrogen-bond acceptors (Lipinski definition) is 5. The minimum Gasteiger partial charge on any atom is -0.466 e. The maximum atomic E-state index is 12.8. The highest BCUT2D eigenvalue weighted by atomic mass is 35.5. The second kappa shape index (κ2) is 8.99. The van der Waals surface area contributed by atoms with E-state index in [-0.39, 0.29) is 12.5 Å². The maximum absolute atomic E-state index is 12.8. The average Bonchev–Trinajstić information content (AvgIpc) is 3.11. The molecule has 0 fully saturated rings. The predicted molar refractivity (Wildman–Crippen MR) is 110 cm³/mol. The molecule has 0 aliphatic heterocycles. The van der Waals surface area contributed by atoms with Gasteiger partial charge in [-0.1, -0.05) is 41.9 Å². The van der Waals surface area contributed by atoms with Gasteiger partial charge in [0.2, 0.25) is 0 Å². The van der Waals surface area contributed by atoms with E-state index in [2.05, 4.69) is 5.32 Å². The molecule has 7 heteroatoms. The first kappa shape index (κ1) is 20.0. The van der Waals surface area contributed by atoms with Crippen LogP contribution in [0.2, 0.25) is 5.02 Å². The Kier molecular flexibility index (Phi) is 6.44. The number of amides is 1. The highest BCUT2D eigenvalue weighted by Gasteiger charge is 2.26. The highest BCUT2D eigenvalue weighted by molar-refractivity contribution is 7.20. The van der Waals surface area contributed by atoms with Crippen molar-refractivity contribution in [2.45, 2.75) is 19.4 Å². The Morgan fingerprint density at radius 2 is 1.82 bits per heavy atom. The van der Waals surface area contributed by atoms with E-state index in [9.17, 15) is 14.4 Å². The average molecular weight is 416 g/mol. The van der Waals surface area contributed by atoms with Gasteiger partial charge in [-0.15, -0.1) is 11.3 Å². The van der Waals surface area contributed by atoms with Crippen LogP contribution >= 0.6 is 22.9 Å². The maximum Gasteiger partial charge on any atom is 0.313 e. The van der Waals surface area contributed by atoms with Gasteiger partial charge < -0.3 is 10.1 Å². The number of halogens is 1. The van der Waals surface area contributed by atoms with Crippen molar-refractivity contribution in [3.8, 4) is 0 Å². The van der Waals surface area contributed by atoms with Crippen LogP contribution < -0.4 is 5.32 Å². The summed E-state index contributed by atoms with van der Waals surface area (Å²) in [6.07, 6.45) is -0.423. The summed E-state index contributed by atoms with van der Waals surface area (Å²) in [7, 11) is 0. The monoisotopic (exact) mass is 415 g/mol. The van der Waals surface area contributed by atoms with Gasteiger partial charge in [-0.05, 0) is 42.1 Å². The number of rotatable bonds is 7. The van der Waals surface area contributed by atoms with Crippen molar-refractivity contribution in [1.29, 1.82) is 0 Å². The molecule has 1 N–H and O–H groups in total. The molecule has 0 saturated carbocycles. The zero-order chi connectivity index (χ0) is 20.1. The number of nitrogens with one attached hydrogen (secondary N) is 1. The van der Waals surface area contributed by atoms with E-state index in [1.165, 1.54) is 11.3 Å². The van der Waals surface area contributed by atoms with Crippen LogP contribution in [0, 0.1) is 0 Å². The summed E-state index contributed by atoms with van der Waals surface area (Å²) in [4.78, 5) is 37.7. The number of benzene rings is 2. The van der Waals surface area contributed by atoms with E-state index < -0.39 is 24.2 Å². The van der Waals surface area contributed by atoms with E-state index >= 15 is 0 Å². The molecule has 0 radical (unpaired) electrons. The van der Waals surface area contributed by atoms with Gasteiger partial charge >= 0.3 is 5.97 Å². The van der Waals surface area contributed by atoms with E-state index in [4.69, 9.17) is 16.3 Å². The van der Waals surface area contributed by atoms with E-state index in [0.29, 0.717) is 15.5 Å². The molecule has 1 heterocycles. The number of thiophene rings is 1. The van der Waals surface area contributed by atoms with E-state index in [1.807, 2.05) is 24.3 Å². The molecule has 28 heavy (non-hydrogen) atoms. The molecule has 0 spiro atoms. The number of carbonyl (C=O) groups is 3. The van der Waals surface area contributed by atoms with Gasteiger partial charge in [0.25, 0.3) is 5.91 Å². The van der Waals surface area contributed by atoms with E-state index in [0.717, 1.165) is 10.1 Å². The third-order valence-electron chi connectivity index (χ3n) is 4.07. The molecule has 1 amide bonds. The summed E-state index contributed by atoms with van der Waals surface area (Å²) in [5.41, 5.74) is 0.549. The molecule has 0 saturated heterocycles. The van der Waals surface area contributed by atoms with Crippen LogP contribution in [0.25, 0.3) is 10.1 Å². The van der Waals surface area contributed by atoms with Crippen molar-refractivity contribution in [2.75, 3.05) is 6.61 Å². The quantitative estimate of drug-likeness (QED) is 0.454. The lowest BCUT2D eigenvalue weighted by Crippen LogP contribution is -2.34. The molecule has 0 aliphatic carbocycles. The minimum atomic E-state index is -0.973. The fourth-order valence-corrected chi connectivity index (χ4v) is 3.85. The number of fused-ring (bicyclic) bond motifs is 1. The molecule has 2 aromatic carbocycles. The lowest BCUT2D eigenvalue weighted by molar-refractivity contribution is -0.145. The Hall–Kier alpha value is -2.70. The lowest BCUT2D eigenvalue weighted by atomic mass is 10.0. The Bertz CT molecular complexity index is 980. The molecule has 1 atom stereocenters. The van der Waals surface area contributed by atoms with Crippen molar-refractivity contribution in [2.24, 2.45) is 0 Å². The van der Waals surface area contributed by atoms with Gasteiger partial charge in [-0.25, -0.2) is 0 Å². The summed E-state index contributed by atoms with van der Waals surface area (Å²) in [6.45, 7) is 1.86. The summed E-state index contributed by atoms with van der Waals surface area (Å²) in [5.74, 6) is -1.45. The van der Waals surface area contributed by atoms with Crippen LogP contribution in [0.5, 0.6) is 0 Å². The second-order valence-corrected chi connectivity index (χ2v) is 7.57. The van der Waals surface area contributed by atoms with Crippen LogP contribution in [0.4, 0.5) is 0 Å². The fraction of sp³-hybridized carbons (Fsp3) is 0.190. The molecule has 3 aromatic rings. The molecule has 0 bridgehead atoms. The van der Waals surface area contributed by atoms with Gasteiger partial charge in [0.15, 0.2) is 5.78 Å². The molecular weight excluding hydrogens is 398 g/mol. The van der Waals surface area contributed by atoms with Crippen LogP contribution in [0.3, 0.4) is 0 Å². The first-order valence-corrected chi connectivity index (χ1v) is 9.90. The predicted octanol–water partition coefficient (Wildman–Crippen LogP) is 4.55. The van der Waals surface area contributed by atoms with Crippen molar-refractivity contribution in [1.82, 2.24) is 5.32 Å². The number of carbonyl (C=O) groups excluding carboxylic acids is 3. The Labute approximate surface area is 171 Å². The summed E-state index contributed by atoms with van der Waals surface area (Å²) < 4.78 is 5.84. The molecule has 1 unspecified atom stereocenters. The Morgan fingerprint density at radius 1 is 1.11 bits per heavy atom. The SMILES string of the molecule is CCOC(=O)CC(=O)C(NC(=O)c1cc2ccccc2s1)c1ccc(Cl)cc1. The van der Waals surface area contributed by atoms with E-state index in [1.54, 1.807) is 37.3 Å². The van der Waals surface area contributed by atoms with Gasteiger partial charge in [-0.3, -0.25) is 14.4 Å². The Balaban J connectivity index is 1.85. The van der Waals surface area contributed by atoms with Crippen molar-refractivity contribution >= 4 is 50.7 Å². The van der Waals surface area contributed by atoms with Crippen molar-refractivity contribution in [3.05, 3.63) is 70.1 Å². The Morgan fingerprint density at radius 3 is 2.50 bits per heavy atom. The number of ketones is 1. The van der Waals surface area contributed by atoms with Gasteiger partial charge in [0.1, 0.15) is 12.5 Å². The van der Waals surface area contributed by atoms with Crippen molar-refractivity contribution in [3.63, 3.8) is 0 Å². The number of hydrogen-bond donors (Lipinski definition) is 1. The van der Waals surface area contributed by atoms with Crippen molar-refractivity contribution < 1.29 is 19.1 Å². The van der Waals surface area contributed by atoms with Gasteiger partial charge in [0.05, 0.1) is 11.5 Å². The number of Topliss-reactive ketones (excluding diaryl/α,β-unsaturated/α-hetero) is 1. The molecule has 0 aliphatic rings. The lowest BCUT2D eigenvalue weighted by Gasteiger charge is -2.17. The minimum absolute atomic E-state index is 0.186. The third-order valence-corrected chi connectivity index (χ3v) is 5.44. The van der Waals surface area contributed by atoms with Crippen LogP contribution in [-0.4, -0.2) is 24.3 Å². The molecule has 3 rings (SSSR count). The second-order valence-electron chi connectivity index (χ2n) is 6.05. The zero-order valence-electron chi connectivity index (χ0n) is 15.1. The number of ether oxygens (including phenoxy) is 1. The number of esters is 1. The standard InChI is InChI=1S/C21H18ClNO4S/c1-2-27-19(25)12-16(24)20(13-7-9-15(22)10-8-13)23-21(26)18-11-14-5-3-4-6-17(14)28-18/h3-11,20H,2,12H2,1H3,(H,23,26). The van der Waals surface area contributed by atoms with Crippen LogP contribution in [0.1, 0.15) is 34.6 Å². The fourth-order valence-electron chi connectivity index (χ4n) is 2.76. The van der Waals surface area contributed by atoms with Crippen LogP contribution in [0.15, 0.2) is 54.6 Å². The normalized spacial score (nSPS) is 11.8. The zero-order valence-corrected chi connectivity index (χ0v) is 16.7.